The normalized spacial score (nSPS) is 26.1. The molecule has 1 fully saturated rings. The Morgan fingerprint density at radius 3 is 2.85 bits per heavy atom. The van der Waals surface area contributed by atoms with Crippen molar-refractivity contribution in [2.45, 2.75) is 45.6 Å². The first-order chi connectivity index (χ1) is 9.53. The van der Waals surface area contributed by atoms with Gasteiger partial charge in [-0.25, -0.2) is 4.98 Å². The molecule has 0 radical (unpaired) electrons. The summed E-state index contributed by atoms with van der Waals surface area (Å²) in [5.41, 5.74) is 0.652. The average molecular weight is 297 g/mol. The fraction of sp³-hybridized carbons (Fsp3) is 0.600. The quantitative estimate of drug-likeness (QED) is 0.680. The molecule has 0 unspecified atom stereocenters. The molecule has 110 valence electrons. The van der Waals surface area contributed by atoms with Gasteiger partial charge in [-0.2, -0.15) is 0 Å². The average Bonchev–Trinajstić information content (AvgIpc) is 2.42. The largest absolute Gasteiger partial charge is 0.466 e. The topological polar surface area (TPSA) is 51.2 Å². The van der Waals surface area contributed by atoms with Crippen LogP contribution >= 0.6 is 11.6 Å². The van der Waals surface area contributed by atoms with E-state index in [0.717, 1.165) is 31.4 Å². The Kier molecular flexibility index (Phi) is 4.86. The smallest absolute Gasteiger partial charge is 0.311 e. The number of pyridine rings is 1. The van der Waals surface area contributed by atoms with Crippen LogP contribution in [0.25, 0.3) is 0 Å². The van der Waals surface area contributed by atoms with Crippen molar-refractivity contribution in [3.05, 3.63) is 23.5 Å². The van der Waals surface area contributed by atoms with Crippen LogP contribution in [0.5, 0.6) is 0 Å². The highest BCUT2D eigenvalue weighted by atomic mass is 35.5. The summed E-state index contributed by atoms with van der Waals surface area (Å²) in [7, 11) is 0. The van der Waals surface area contributed by atoms with E-state index in [1.54, 1.807) is 6.20 Å². The Hall–Kier alpha value is -1.29. The summed E-state index contributed by atoms with van der Waals surface area (Å²) in [5.74, 6) is -0.0644. The van der Waals surface area contributed by atoms with Crippen LogP contribution in [0.3, 0.4) is 0 Å². The molecule has 1 heterocycles. The monoisotopic (exact) mass is 296 g/mol. The van der Waals surface area contributed by atoms with Crippen LogP contribution in [0.2, 0.25) is 5.15 Å². The van der Waals surface area contributed by atoms with Gasteiger partial charge < -0.3 is 10.1 Å². The van der Waals surface area contributed by atoms with Crippen LogP contribution in [-0.4, -0.2) is 23.6 Å². The fourth-order valence-corrected chi connectivity index (χ4v) is 2.81. The van der Waals surface area contributed by atoms with Crippen molar-refractivity contribution in [2.24, 2.45) is 5.41 Å². The zero-order valence-corrected chi connectivity index (χ0v) is 12.7. The van der Waals surface area contributed by atoms with Crippen molar-refractivity contribution < 1.29 is 9.53 Å². The zero-order chi connectivity index (χ0) is 14.6. The summed E-state index contributed by atoms with van der Waals surface area (Å²) in [6, 6.07) is 4.10. The highest BCUT2D eigenvalue weighted by Gasteiger charge is 2.38. The Balaban J connectivity index is 1.89. The van der Waals surface area contributed by atoms with Crippen molar-refractivity contribution in [3.63, 3.8) is 0 Å². The number of carbonyl (C=O) groups excluding carboxylic acids is 1. The molecule has 2 rings (SSSR count). The highest BCUT2D eigenvalue weighted by molar-refractivity contribution is 6.29. The van der Waals surface area contributed by atoms with Crippen LogP contribution in [0.15, 0.2) is 18.3 Å². The number of ether oxygens (including phenoxy) is 1. The lowest BCUT2D eigenvalue weighted by Crippen LogP contribution is -2.38. The first-order valence-electron chi connectivity index (χ1n) is 7.09. The minimum Gasteiger partial charge on any atom is -0.466 e. The summed E-state index contributed by atoms with van der Waals surface area (Å²) in [6.07, 6.45) is 5.30. The number of hydrogen-bond donors (Lipinski definition) is 1. The van der Waals surface area contributed by atoms with Gasteiger partial charge in [0, 0.05) is 17.9 Å². The second kappa shape index (κ2) is 6.44. The van der Waals surface area contributed by atoms with Gasteiger partial charge in [-0.1, -0.05) is 11.6 Å². The first kappa shape index (κ1) is 15.1. The van der Waals surface area contributed by atoms with Gasteiger partial charge >= 0.3 is 5.97 Å². The van der Waals surface area contributed by atoms with E-state index >= 15 is 0 Å². The van der Waals surface area contributed by atoms with Crippen molar-refractivity contribution in [1.29, 1.82) is 0 Å². The number of carbonyl (C=O) groups is 1. The third-order valence-corrected chi connectivity index (χ3v) is 4.16. The van der Waals surface area contributed by atoms with Crippen LogP contribution in [0, 0.1) is 5.41 Å². The molecule has 1 aromatic rings. The van der Waals surface area contributed by atoms with Gasteiger partial charge in [-0.15, -0.1) is 0 Å². The van der Waals surface area contributed by atoms with E-state index < -0.39 is 0 Å². The number of esters is 1. The van der Waals surface area contributed by atoms with Gasteiger partial charge in [0.2, 0.25) is 0 Å². The number of anilines is 1. The number of nitrogens with zero attached hydrogens (tertiary/aromatic N) is 1. The van der Waals surface area contributed by atoms with Gasteiger partial charge in [0.05, 0.1) is 12.0 Å². The lowest BCUT2D eigenvalue weighted by molar-refractivity contribution is -0.156. The minimum absolute atomic E-state index is 0.0644. The van der Waals surface area contributed by atoms with Crippen molar-refractivity contribution >= 4 is 23.3 Å². The van der Waals surface area contributed by atoms with E-state index in [1.165, 1.54) is 0 Å². The summed E-state index contributed by atoms with van der Waals surface area (Å²) in [6.45, 7) is 4.30. The third kappa shape index (κ3) is 3.63. The standard InChI is InChI=1S/C15H21ClN2O2/c1-3-20-14(19)15(2)7-4-11(5-8-15)18-12-6-9-17-13(16)10-12/h6,9-11H,3-5,7-8H2,1-2H3,(H,17,18). The highest BCUT2D eigenvalue weighted by Crippen LogP contribution is 2.38. The molecule has 1 aliphatic carbocycles. The van der Waals surface area contributed by atoms with Crippen molar-refractivity contribution in [3.8, 4) is 0 Å². The molecular formula is C15H21ClN2O2. The zero-order valence-electron chi connectivity index (χ0n) is 12.0. The van der Waals surface area contributed by atoms with Crippen molar-refractivity contribution in [1.82, 2.24) is 4.98 Å². The molecule has 1 saturated carbocycles. The Labute approximate surface area is 124 Å². The molecule has 0 spiro atoms. The molecule has 20 heavy (non-hydrogen) atoms. The Morgan fingerprint density at radius 1 is 1.55 bits per heavy atom. The molecule has 4 nitrogen and oxygen atoms in total. The predicted octanol–water partition coefficient (Wildman–Crippen LogP) is 3.66. The van der Waals surface area contributed by atoms with Gasteiger partial charge in [0.25, 0.3) is 0 Å². The number of hydrogen-bond acceptors (Lipinski definition) is 4. The number of halogens is 1. The van der Waals surface area contributed by atoms with Crippen LogP contribution in [0.4, 0.5) is 5.69 Å². The first-order valence-corrected chi connectivity index (χ1v) is 7.46. The Bertz CT molecular complexity index is 471. The molecule has 0 aliphatic heterocycles. The number of nitrogens with one attached hydrogen (secondary N) is 1. The molecule has 5 heteroatoms. The van der Waals surface area contributed by atoms with Gasteiger partial charge in [-0.3, -0.25) is 4.79 Å². The molecule has 1 aromatic heterocycles. The SMILES string of the molecule is CCOC(=O)C1(C)CCC(Nc2ccnc(Cl)c2)CC1. The van der Waals surface area contributed by atoms with Crippen LogP contribution in [-0.2, 0) is 9.53 Å². The summed E-state index contributed by atoms with van der Waals surface area (Å²) < 4.78 is 5.17. The third-order valence-electron chi connectivity index (χ3n) is 3.95. The van der Waals surface area contributed by atoms with Crippen molar-refractivity contribution in [2.75, 3.05) is 11.9 Å². The molecule has 1 N–H and O–H groups in total. The summed E-state index contributed by atoms with van der Waals surface area (Å²) >= 11 is 5.87. The Morgan fingerprint density at radius 2 is 2.25 bits per heavy atom. The summed E-state index contributed by atoms with van der Waals surface area (Å²) in [5, 5.41) is 3.94. The lowest BCUT2D eigenvalue weighted by atomic mass is 9.74. The lowest BCUT2D eigenvalue weighted by Gasteiger charge is -2.35. The molecular weight excluding hydrogens is 276 g/mol. The molecule has 0 amide bonds. The molecule has 0 atom stereocenters. The molecule has 0 bridgehead atoms. The second-order valence-corrected chi connectivity index (χ2v) is 5.95. The van der Waals surface area contributed by atoms with Gasteiger partial charge in [0.15, 0.2) is 0 Å². The van der Waals surface area contributed by atoms with Crippen LogP contribution in [0.1, 0.15) is 39.5 Å². The summed E-state index contributed by atoms with van der Waals surface area (Å²) in [4.78, 5) is 15.9. The van der Waals surface area contributed by atoms with Gasteiger partial charge in [-0.05, 0) is 51.7 Å². The van der Waals surface area contributed by atoms with E-state index in [0.29, 0.717) is 17.8 Å². The minimum atomic E-state index is -0.329. The second-order valence-electron chi connectivity index (χ2n) is 5.57. The molecule has 1 aliphatic rings. The number of rotatable bonds is 4. The van der Waals surface area contributed by atoms with E-state index in [2.05, 4.69) is 10.3 Å². The van der Waals surface area contributed by atoms with E-state index in [-0.39, 0.29) is 11.4 Å². The molecule has 0 saturated heterocycles. The van der Waals surface area contributed by atoms with E-state index in [4.69, 9.17) is 16.3 Å². The maximum Gasteiger partial charge on any atom is 0.311 e. The fourth-order valence-electron chi connectivity index (χ4n) is 2.64. The predicted molar refractivity (Wildman–Crippen MR) is 79.9 cm³/mol. The van der Waals surface area contributed by atoms with Crippen LogP contribution < -0.4 is 5.32 Å². The maximum atomic E-state index is 12.0. The van der Waals surface area contributed by atoms with E-state index in [9.17, 15) is 4.79 Å². The van der Waals surface area contributed by atoms with Gasteiger partial charge in [0.1, 0.15) is 5.15 Å². The maximum absolute atomic E-state index is 12.0. The molecule has 0 aromatic carbocycles. The van der Waals surface area contributed by atoms with E-state index in [1.807, 2.05) is 26.0 Å². The number of aromatic nitrogens is 1.